The lowest BCUT2D eigenvalue weighted by molar-refractivity contribution is -0.148. The smallest absolute Gasteiger partial charge is 0.331 e. The number of carbonyl (C=O) groups is 1. The summed E-state index contributed by atoms with van der Waals surface area (Å²) in [5.74, 6) is -0.299. The van der Waals surface area contributed by atoms with E-state index in [4.69, 9.17) is 4.74 Å². The Labute approximate surface area is 89.4 Å². The predicted molar refractivity (Wildman–Crippen MR) is 55.3 cm³/mol. The van der Waals surface area contributed by atoms with Crippen LogP contribution in [0.4, 0.5) is 0 Å². The molecule has 1 heterocycles. The summed E-state index contributed by atoms with van der Waals surface area (Å²) < 4.78 is 6.33. The van der Waals surface area contributed by atoms with Gasteiger partial charge >= 0.3 is 5.97 Å². The van der Waals surface area contributed by atoms with Crippen LogP contribution in [0.15, 0.2) is 6.20 Å². The summed E-state index contributed by atoms with van der Waals surface area (Å²) in [5.41, 5.74) is 0.529. The van der Waals surface area contributed by atoms with E-state index in [2.05, 4.69) is 10.3 Å². The molecular formula is C10H17N3O2. The van der Waals surface area contributed by atoms with Crippen molar-refractivity contribution in [1.82, 2.24) is 15.0 Å². The summed E-state index contributed by atoms with van der Waals surface area (Å²) in [6.45, 7) is 7.73. The lowest BCUT2D eigenvalue weighted by Gasteiger charge is -2.27. The monoisotopic (exact) mass is 211 g/mol. The number of esters is 1. The Hall–Kier alpha value is -1.39. The second-order valence-corrected chi connectivity index (χ2v) is 4.63. The number of nitrogens with zero attached hydrogens (tertiary/aromatic N) is 3. The largest absolute Gasteiger partial charge is 0.467 e. The third-order valence-corrected chi connectivity index (χ3v) is 2.13. The van der Waals surface area contributed by atoms with Crippen molar-refractivity contribution >= 4 is 5.97 Å². The topological polar surface area (TPSA) is 57.0 Å². The number of methoxy groups -OCH3 is 1. The van der Waals surface area contributed by atoms with Crippen LogP contribution in [-0.2, 0) is 9.53 Å². The van der Waals surface area contributed by atoms with Gasteiger partial charge in [0.05, 0.1) is 12.8 Å². The molecule has 0 spiro atoms. The van der Waals surface area contributed by atoms with Gasteiger partial charge < -0.3 is 4.74 Å². The Bertz CT molecular complexity index is 352. The average Bonchev–Trinajstić information content (AvgIpc) is 2.49. The molecule has 0 amide bonds. The van der Waals surface area contributed by atoms with Crippen molar-refractivity contribution in [2.45, 2.75) is 33.7 Å². The molecule has 1 aromatic heterocycles. The van der Waals surface area contributed by atoms with E-state index >= 15 is 0 Å². The molecule has 5 heteroatoms. The van der Waals surface area contributed by atoms with Crippen LogP contribution in [0.25, 0.3) is 0 Å². The second-order valence-electron chi connectivity index (χ2n) is 4.63. The minimum absolute atomic E-state index is 0.257. The van der Waals surface area contributed by atoms with Gasteiger partial charge in [0.25, 0.3) is 0 Å². The summed E-state index contributed by atoms with van der Waals surface area (Å²) in [4.78, 5) is 11.7. The summed E-state index contributed by atoms with van der Waals surface area (Å²) in [6, 6.07) is -0.441. The number of rotatable bonds is 2. The molecule has 0 radical (unpaired) electrons. The quantitative estimate of drug-likeness (QED) is 0.693. The molecule has 0 unspecified atom stereocenters. The maximum absolute atomic E-state index is 11.7. The van der Waals surface area contributed by atoms with E-state index in [1.165, 1.54) is 7.11 Å². The first kappa shape index (κ1) is 11.7. The third kappa shape index (κ3) is 2.55. The highest BCUT2D eigenvalue weighted by Gasteiger charge is 2.34. The lowest BCUT2D eigenvalue weighted by Crippen LogP contribution is -2.33. The fourth-order valence-corrected chi connectivity index (χ4v) is 1.46. The molecule has 0 saturated heterocycles. The molecule has 5 nitrogen and oxygen atoms in total. The molecule has 0 aliphatic heterocycles. The Morgan fingerprint density at radius 1 is 1.53 bits per heavy atom. The highest BCUT2D eigenvalue weighted by Crippen LogP contribution is 2.30. The van der Waals surface area contributed by atoms with Crippen LogP contribution in [0.2, 0.25) is 0 Å². The van der Waals surface area contributed by atoms with Gasteiger partial charge in [-0.2, -0.15) is 0 Å². The lowest BCUT2D eigenvalue weighted by atomic mass is 9.87. The van der Waals surface area contributed by atoms with Gasteiger partial charge in [0, 0.05) is 6.20 Å². The highest BCUT2D eigenvalue weighted by atomic mass is 16.5. The minimum atomic E-state index is -0.441. The molecule has 1 atom stereocenters. The van der Waals surface area contributed by atoms with Crippen LogP contribution in [0.3, 0.4) is 0 Å². The van der Waals surface area contributed by atoms with Crippen molar-refractivity contribution in [3.05, 3.63) is 11.9 Å². The van der Waals surface area contributed by atoms with Gasteiger partial charge in [0.2, 0.25) is 0 Å². The summed E-state index contributed by atoms with van der Waals surface area (Å²) in [6.07, 6.45) is 1.74. The zero-order chi connectivity index (χ0) is 11.6. The molecule has 0 saturated carbocycles. The van der Waals surface area contributed by atoms with E-state index in [1.807, 2.05) is 27.7 Å². The molecule has 0 aromatic carbocycles. The first-order chi connectivity index (χ1) is 6.86. The molecular weight excluding hydrogens is 194 g/mol. The van der Waals surface area contributed by atoms with Crippen LogP contribution >= 0.6 is 0 Å². The number of aryl methyl sites for hydroxylation is 1. The molecule has 0 fully saturated rings. The molecule has 1 rings (SSSR count). The predicted octanol–water partition coefficient (Wildman–Crippen LogP) is 1.35. The SMILES string of the molecule is COC(=O)[C@@H](n1cc(C)nn1)C(C)(C)C. The van der Waals surface area contributed by atoms with Crippen molar-refractivity contribution in [1.29, 1.82) is 0 Å². The maximum atomic E-state index is 11.7. The number of hydrogen-bond acceptors (Lipinski definition) is 4. The summed E-state index contributed by atoms with van der Waals surface area (Å²) in [7, 11) is 1.38. The van der Waals surface area contributed by atoms with Gasteiger partial charge in [-0.25, -0.2) is 9.48 Å². The number of ether oxygens (including phenoxy) is 1. The van der Waals surface area contributed by atoms with Gasteiger partial charge in [-0.15, -0.1) is 5.10 Å². The maximum Gasteiger partial charge on any atom is 0.331 e. The Morgan fingerprint density at radius 2 is 2.13 bits per heavy atom. The molecule has 15 heavy (non-hydrogen) atoms. The van der Waals surface area contributed by atoms with Gasteiger partial charge in [0.15, 0.2) is 6.04 Å². The molecule has 84 valence electrons. The molecule has 0 bridgehead atoms. The van der Waals surface area contributed by atoms with Gasteiger partial charge in [-0.1, -0.05) is 26.0 Å². The normalized spacial score (nSPS) is 13.7. The minimum Gasteiger partial charge on any atom is -0.467 e. The Kier molecular flexibility index (Phi) is 3.12. The van der Waals surface area contributed by atoms with Crippen molar-refractivity contribution in [3.63, 3.8) is 0 Å². The van der Waals surface area contributed by atoms with E-state index in [-0.39, 0.29) is 11.4 Å². The zero-order valence-corrected chi connectivity index (χ0v) is 9.81. The summed E-state index contributed by atoms with van der Waals surface area (Å²) in [5, 5.41) is 7.79. The first-order valence-corrected chi connectivity index (χ1v) is 4.82. The van der Waals surface area contributed by atoms with Crippen LogP contribution in [0, 0.1) is 12.3 Å². The average molecular weight is 211 g/mol. The van der Waals surface area contributed by atoms with Crippen LogP contribution < -0.4 is 0 Å². The Morgan fingerprint density at radius 3 is 2.47 bits per heavy atom. The number of hydrogen-bond donors (Lipinski definition) is 0. The fourth-order valence-electron chi connectivity index (χ4n) is 1.46. The highest BCUT2D eigenvalue weighted by molar-refractivity contribution is 5.74. The van der Waals surface area contributed by atoms with Gasteiger partial charge in [-0.3, -0.25) is 0 Å². The number of carbonyl (C=O) groups excluding carboxylic acids is 1. The Balaban J connectivity index is 3.07. The van der Waals surface area contributed by atoms with Crippen molar-refractivity contribution < 1.29 is 9.53 Å². The molecule has 0 aliphatic rings. The van der Waals surface area contributed by atoms with E-state index in [0.29, 0.717) is 0 Å². The van der Waals surface area contributed by atoms with E-state index in [9.17, 15) is 4.79 Å². The second kappa shape index (κ2) is 4.00. The van der Waals surface area contributed by atoms with Crippen molar-refractivity contribution in [2.24, 2.45) is 5.41 Å². The molecule has 0 aliphatic carbocycles. The number of aromatic nitrogens is 3. The van der Waals surface area contributed by atoms with Crippen molar-refractivity contribution in [2.75, 3.05) is 7.11 Å². The molecule has 0 N–H and O–H groups in total. The van der Waals surface area contributed by atoms with Crippen LogP contribution in [0.5, 0.6) is 0 Å². The third-order valence-electron chi connectivity index (χ3n) is 2.13. The van der Waals surface area contributed by atoms with E-state index in [1.54, 1.807) is 10.9 Å². The van der Waals surface area contributed by atoms with Crippen LogP contribution in [0.1, 0.15) is 32.5 Å². The van der Waals surface area contributed by atoms with Gasteiger partial charge in [0.1, 0.15) is 0 Å². The molecule has 1 aromatic rings. The first-order valence-electron chi connectivity index (χ1n) is 4.82. The standard InChI is InChI=1S/C10H17N3O2/c1-7-6-13(12-11-7)8(9(14)15-5)10(2,3)4/h6,8H,1-5H3/t8-/m1/s1. The van der Waals surface area contributed by atoms with Gasteiger partial charge in [-0.05, 0) is 12.3 Å². The zero-order valence-electron chi connectivity index (χ0n) is 9.81. The summed E-state index contributed by atoms with van der Waals surface area (Å²) >= 11 is 0. The van der Waals surface area contributed by atoms with Crippen LogP contribution in [-0.4, -0.2) is 28.1 Å². The van der Waals surface area contributed by atoms with E-state index < -0.39 is 6.04 Å². The van der Waals surface area contributed by atoms with Crippen molar-refractivity contribution in [3.8, 4) is 0 Å². The van der Waals surface area contributed by atoms with E-state index in [0.717, 1.165) is 5.69 Å². The fraction of sp³-hybridized carbons (Fsp3) is 0.700.